The van der Waals surface area contributed by atoms with E-state index in [4.69, 9.17) is 4.42 Å². The third-order valence-electron chi connectivity index (χ3n) is 5.77. The predicted octanol–water partition coefficient (Wildman–Crippen LogP) is 3.17. The first-order valence-electron chi connectivity index (χ1n) is 10.8. The average molecular weight is 470 g/mol. The zero-order valence-electron chi connectivity index (χ0n) is 18.8. The lowest BCUT2D eigenvalue weighted by Crippen LogP contribution is -2.49. The van der Waals surface area contributed by atoms with Crippen molar-refractivity contribution in [2.45, 2.75) is 38.0 Å². The molecule has 4 rings (SSSR count). The number of furan rings is 1. The monoisotopic (exact) mass is 469 g/mol. The van der Waals surface area contributed by atoms with E-state index in [0.29, 0.717) is 11.6 Å². The van der Waals surface area contributed by atoms with Crippen molar-refractivity contribution in [1.29, 1.82) is 0 Å². The van der Waals surface area contributed by atoms with Crippen LogP contribution in [0, 0.1) is 6.92 Å². The van der Waals surface area contributed by atoms with Crippen LogP contribution < -0.4 is 10.6 Å². The number of rotatable bonds is 6. The van der Waals surface area contributed by atoms with Gasteiger partial charge in [0.25, 0.3) is 0 Å². The van der Waals surface area contributed by atoms with Crippen molar-refractivity contribution < 1.29 is 22.4 Å². The molecule has 33 heavy (non-hydrogen) atoms. The number of amides is 2. The molecule has 2 aromatic carbocycles. The Morgan fingerprint density at radius 3 is 2.76 bits per heavy atom. The summed E-state index contributed by atoms with van der Waals surface area (Å²) in [5.74, 6) is -0.268. The van der Waals surface area contributed by atoms with Crippen LogP contribution in [0.5, 0.6) is 0 Å². The SMILES string of the molecule is Cc1cc2occ(CC(=O)Nc3cccc(S(=O)(=O)N4CCNC(=O)C4)c3)c2cc1C(C)C. The van der Waals surface area contributed by atoms with Crippen molar-refractivity contribution in [3.63, 3.8) is 0 Å². The summed E-state index contributed by atoms with van der Waals surface area (Å²) in [4.78, 5) is 24.4. The first-order valence-corrected chi connectivity index (χ1v) is 12.3. The van der Waals surface area contributed by atoms with E-state index in [1.807, 2.05) is 13.0 Å². The maximum atomic E-state index is 12.9. The van der Waals surface area contributed by atoms with Gasteiger partial charge in [-0.3, -0.25) is 9.59 Å². The summed E-state index contributed by atoms with van der Waals surface area (Å²) in [5, 5.41) is 6.29. The van der Waals surface area contributed by atoms with E-state index in [0.717, 1.165) is 26.4 Å². The van der Waals surface area contributed by atoms with Crippen LogP contribution in [-0.2, 0) is 26.0 Å². The van der Waals surface area contributed by atoms with Gasteiger partial charge in [0, 0.05) is 29.7 Å². The average Bonchev–Trinajstić information content (AvgIpc) is 3.14. The molecule has 1 saturated heterocycles. The minimum Gasteiger partial charge on any atom is -0.464 e. The fraction of sp³-hybridized carbons (Fsp3) is 0.333. The molecule has 0 unspecified atom stereocenters. The minimum absolute atomic E-state index is 0.0285. The number of nitrogens with zero attached hydrogens (tertiary/aromatic N) is 1. The lowest BCUT2D eigenvalue weighted by molar-refractivity contribution is -0.122. The molecule has 2 amide bonds. The van der Waals surface area contributed by atoms with Crippen molar-refractivity contribution in [2.75, 3.05) is 25.0 Å². The van der Waals surface area contributed by atoms with Crippen LogP contribution in [0.3, 0.4) is 0 Å². The molecule has 8 nitrogen and oxygen atoms in total. The number of hydrogen-bond acceptors (Lipinski definition) is 5. The van der Waals surface area contributed by atoms with Gasteiger partial charge in [0.2, 0.25) is 21.8 Å². The molecule has 2 N–H and O–H groups in total. The molecule has 0 radical (unpaired) electrons. The molecule has 3 aromatic rings. The van der Waals surface area contributed by atoms with Crippen molar-refractivity contribution >= 4 is 38.5 Å². The largest absolute Gasteiger partial charge is 0.464 e. The summed E-state index contributed by atoms with van der Waals surface area (Å²) in [7, 11) is -3.84. The van der Waals surface area contributed by atoms with E-state index >= 15 is 0 Å². The molecule has 0 aliphatic carbocycles. The van der Waals surface area contributed by atoms with Gasteiger partial charge in [-0.05, 0) is 54.3 Å². The highest BCUT2D eigenvalue weighted by atomic mass is 32.2. The van der Waals surface area contributed by atoms with Gasteiger partial charge in [0.15, 0.2) is 0 Å². The van der Waals surface area contributed by atoms with Crippen molar-refractivity contribution in [3.05, 3.63) is 59.4 Å². The van der Waals surface area contributed by atoms with Crippen LogP contribution >= 0.6 is 0 Å². The highest BCUT2D eigenvalue weighted by molar-refractivity contribution is 7.89. The second-order valence-electron chi connectivity index (χ2n) is 8.56. The Morgan fingerprint density at radius 2 is 2.03 bits per heavy atom. The lowest BCUT2D eigenvalue weighted by atomic mass is 9.95. The van der Waals surface area contributed by atoms with Crippen LogP contribution in [0.2, 0.25) is 0 Å². The van der Waals surface area contributed by atoms with Gasteiger partial charge in [-0.2, -0.15) is 4.31 Å². The smallest absolute Gasteiger partial charge is 0.243 e. The molecule has 0 spiro atoms. The zero-order valence-corrected chi connectivity index (χ0v) is 19.7. The molecule has 1 aliphatic heterocycles. The Hall–Kier alpha value is -3.17. The number of hydrogen-bond donors (Lipinski definition) is 2. The van der Waals surface area contributed by atoms with Crippen LogP contribution in [0.1, 0.15) is 36.5 Å². The van der Waals surface area contributed by atoms with Gasteiger partial charge >= 0.3 is 0 Å². The number of fused-ring (bicyclic) bond motifs is 1. The quantitative estimate of drug-likeness (QED) is 0.576. The molecule has 9 heteroatoms. The maximum Gasteiger partial charge on any atom is 0.243 e. The number of piperazine rings is 1. The Bertz CT molecular complexity index is 1330. The summed E-state index contributed by atoms with van der Waals surface area (Å²) in [6, 6.07) is 10.1. The summed E-state index contributed by atoms with van der Waals surface area (Å²) in [5.41, 5.74) is 4.22. The molecule has 0 atom stereocenters. The van der Waals surface area contributed by atoms with Gasteiger partial charge in [0.1, 0.15) is 5.58 Å². The van der Waals surface area contributed by atoms with E-state index in [2.05, 4.69) is 30.5 Å². The van der Waals surface area contributed by atoms with E-state index < -0.39 is 10.0 Å². The van der Waals surface area contributed by atoms with Gasteiger partial charge < -0.3 is 15.1 Å². The fourth-order valence-electron chi connectivity index (χ4n) is 4.09. The summed E-state index contributed by atoms with van der Waals surface area (Å²) >= 11 is 0. The molecule has 1 fully saturated rings. The van der Waals surface area contributed by atoms with Gasteiger partial charge in [0.05, 0.1) is 24.1 Å². The second kappa shape index (κ2) is 8.99. The highest BCUT2D eigenvalue weighted by Crippen LogP contribution is 2.29. The third kappa shape index (κ3) is 4.79. The maximum absolute atomic E-state index is 12.9. The number of sulfonamides is 1. The summed E-state index contributed by atoms with van der Waals surface area (Å²) in [6.07, 6.45) is 1.69. The second-order valence-corrected chi connectivity index (χ2v) is 10.5. The number of nitrogens with one attached hydrogen (secondary N) is 2. The van der Waals surface area contributed by atoms with E-state index in [1.54, 1.807) is 18.4 Å². The fourth-order valence-corrected chi connectivity index (χ4v) is 5.53. The predicted molar refractivity (Wildman–Crippen MR) is 126 cm³/mol. The molecular weight excluding hydrogens is 442 g/mol. The first kappa shape index (κ1) is 23.0. The molecule has 0 bridgehead atoms. The minimum atomic E-state index is -3.84. The van der Waals surface area contributed by atoms with Crippen molar-refractivity contribution in [3.8, 4) is 0 Å². The standard InChI is InChI=1S/C24H27N3O5S/c1-15(2)20-12-21-17(14-32-22(21)9-16(20)3)10-23(28)26-18-5-4-6-19(11-18)33(30,31)27-8-7-25-24(29)13-27/h4-6,9,11-12,14-15H,7-8,10,13H2,1-3H3,(H,25,29)(H,26,28). The number of carbonyl (C=O) groups is 2. The van der Waals surface area contributed by atoms with E-state index in [-0.39, 0.29) is 42.8 Å². The molecule has 1 aromatic heterocycles. The van der Waals surface area contributed by atoms with E-state index in [1.165, 1.54) is 17.7 Å². The molecule has 0 saturated carbocycles. The number of benzene rings is 2. The highest BCUT2D eigenvalue weighted by Gasteiger charge is 2.29. The van der Waals surface area contributed by atoms with Crippen molar-refractivity contribution in [1.82, 2.24) is 9.62 Å². The number of carbonyl (C=O) groups excluding carboxylic acids is 2. The Morgan fingerprint density at radius 1 is 1.24 bits per heavy atom. The zero-order chi connectivity index (χ0) is 23.8. The van der Waals surface area contributed by atoms with Gasteiger partial charge in [-0.15, -0.1) is 0 Å². The Labute approximate surface area is 193 Å². The lowest BCUT2D eigenvalue weighted by Gasteiger charge is -2.26. The molecule has 1 aliphatic rings. The molecule has 174 valence electrons. The normalized spacial score (nSPS) is 15.1. The van der Waals surface area contributed by atoms with Crippen LogP contribution in [0.25, 0.3) is 11.0 Å². The first-order chi connectivity index (χ1) is 15.6. The van der Waals surface area contributed by atoms with Crippen LogP contribution in [0.4, 0.5) is 5.69 Å². The topological polar surface area (TPSA) is 109 Å². The third-order valence-corrected chi connectivity index (χ3v) is 7.62. The van der Waals surface area contributed by atoms with Gasteiger partial charge in [-0.25, -0.2) is 8.42 Å². The van der Waals surface area contributed by atoms with Crippen molar-refractivity contribution in [2.24, 2.45) is 0 Å². The van der Waals surface area contributed by atoms with Crippen LogP contribution in [-0.4, -0.2) is 44.2 Å². The number of anilines is 1. The number of aryl methyl sites for hydroxylation is 1. The molecular formula is C24H27N3O5S. The van der Waals surface area contributed by atoms with Crippen LogP contribution in [0.15, 0.2) is 52.0 Å². The van der Waals surface area contributed by atoms with E-state index in [9.17, 15) is 18.0 Å². The Balaban J connectivity index is 1.52. The molecule has 2 heterocycles. The Kier molecular flexibility index (Phi) is 6.27. The summed E-state index contributed by atoms with van der Waals surface area (Å²) < 4.78 is 32.6. The summed E-state index contributed by atoms with van der Waals surface area (Å²) in [6.45, 7) is 6.54. The van der Waals surface area contributed by atoms with Gasteiger partial charge in [-0.1, -0.05) is 19.9 Å².